The fourth-order valence-corrected chi connectivity index (χ4v) is 6.83. The Morgan fingerprint density at radius 3 is 2.52 bits per heavy atom. The molecule has 0 N–H and O–H groups in total. The lowest BCUT2D eigenvalue weighted by molar-refractivity contribution is -0.214. The minimum Gasteiger partial charge on any atom is -0.459 e. The molecule has 1 aliphatic heterocycles. The molecule has 3 fully saturated rings. The van der Waals surface area contributed by atoms with Crippen LogP contribution in [0.2, 0.25) is 0 Å². The molecule has 2 saturated carbocycles. The van der Waals surface area contributed by atoms with Crippen LogP contribution >= 0.6 is 0 Å². The van der Waals surface area contributed by atoms with E-state index in [4.69, 9.17) is 4.74 Å². The third-order valence-corrected chi connectivity index (χ3v) is 7.48. The van der Waals surface area contributed by atoms with Gasteiger partial charge in [0.25, 0.3) is 0 Å². The lowest BCUT2D eigenvalue weighted by Crippen LogP contribution is -2.61. The number of carbonyl (C=O) groups is 1. The molecule has 0 aromatic carbocycles. The average molecular weight is 288 g/mol. The van der Waals surface area contributed by atoms with E-state index in [-0.39, 0.29) is 17.0 Å². The van der Waals surface area contributed by atoms with Gasteiger partial charge in [-0.15, -0.1) is 0 Å². The van der Waals surface area contributed by atoms with E-state index in [1.807, 2.05) is 0 Å². The van der Waals surface area contributed by atoms with Crippen molar-refractivity contribution in [3.8, 4) is 0 Å². The molecule has 21 heavy (non-hydrogen) atoms. The van der Waals surface area contributed by atoms with Crippen LogP contribution in [0.1, 0.15) is 66.2 Å². The summed E-state index contributed by atoms with van der Waals surface area (Å²) in [6.07, 6.45) is 12.0. The van der Waals surface area contributed by atoms with Crippen LogP contribution in [0.3, 0.4) is 0 Å². The van der Waals surface area contributed by atoms with Crippen LogP contribution < -0.4 is 0 Å². The van der Waals surface area contributed by atoms with Crippen molar-refractivity contribution in [3.05, 3.63) is 12.2 Å². The van der Waals surface area contributed by atoms with E-state index in [1.54, 1.807) is 0 Å². The summed E-state index contributed by atoms with van der Waals surface area (Å²) in [4.78, 5) is 12.2. The second kappa shape index (κ2) is 3.75. The van der Waals surface area contributed by atoms with Crippen molar-refractivity contribution in [2.24, 2.45) is 28.1 Å². The van der Waals surface area contributed by atoms with Gasteiger partial charge in [0.05, 0.1) is 6.42 Å². The third kappa shape index (κ3) is 1.68. The number of rotatable bonds is 0. The van der Waals surface area contributed by atoms with E-state index in [1.165, 1.54) is 32.1 Å². The van der Waals surface area contributed by atoms with Crippen molar-refractivity contribution in [1.82, 2.24) is 0 Å². The Morgan fingerprint density at radius 1 is 1.05 bits per heavy atom. The van der Waals surface area contributed by atoms with Crippen LogP contribution in [0.5, 0.6) is 0 Å². The maximum Gasteiger partial charge on any atom is 0.306 e. The molecule has 3 aliphatic carbocycles. The van der Waals surface area contributed by atoms with Crippen LogP contribution in [0.25, 0.3) is 0 Å². The first kappa shape index (κ1) is 13.8. The minimum absolute atomic E-state index is 0.0195. The van der Waals surface area contributed by atoms with Gasteiger partial charge in [-0.25, -0.2) is 0 Å². The van der Waals surface area contributed by atoms with E-state index in [9.17, 15) is 4.79 Å². The van der Waals surface area contributed by atoms with Gasteiger partial charge in [-0.05, 0) is 68.1 Å². The maximum atomic E-state index is 12.2. The summed E-state index contributed by atoms with van der Waals surface area (Å²) in [6.45, 7) is 9.06. The SMILES string of the molecule is CC1(C)OC(=O)C[C@]2(C)[C@@H]1CC[C@@]13C=C[C@@](C)(CC[C@H]12)C3. The average Bonchev–Trinajstić information content (AvgIpc) is 2.57. The zero-order valence-corrected chi connectivity index (χ0v) is 13.9. The van der Waals surface area contributed by atoms with Crippen molar-refractivity contribution in [1.29, 1.82) is 0 Å². The predicted octanol–water partition coefficient (Wildman–Crippen LogP) is 4.49. The number of hydrogen-bond donors (Lipinski definition) is 0. The molecule has 5 atom stereocenters. The van der Waals surface area contributed by atoms with Gasteiger partial charge < -0.3 is 4.74 Å². The van der Waals surface area contributed by atoms with E-state index >= 15 is 0 Å². The molecule has 0 aromatic rings. The predicted molar refractivity (Wildman–Crippen MR) is 82.6 cm³/mol. The van der Waals surface area contributed by atoms with Gasteiger partial charge in [-0.1, -0.05) is 26.0 Å². The normalized spacial score (nSPS) is 53.8. The Labute approximate surface area is 128 Å². The van der Waals surface area contributed by atoms with Gasteiger partial charge in [0.15, 0.2) is 0 Å². The zero-order valence-electron chi connectivity index (χ0n) is 13.9. The van der Waals surface area contributed by atoms with Gasteiger partial charge in [-0.2, -0.15) is 0 Å². The number of ether oxygens (including phenoxy) is 1. The van der Waals surface area contributed by atoms with Gasteiger partial charge >= 0.3 is 5.97 Å². The summed E-state index contributed by atoms with van der Waals surface area (Å²) in [7, 11) is 0. The molecule has 0 amide bonds. The number of carbonyl (C=O) groups excluding carboxylic acids is 1. The minimum atomic E-state index is -0.297. The van der Waals surface area contributed by atoms with Crippen LogP contribution in [0.4, 0.5) is 0 Å². The van der Waals surface area contributed by atoms with Crippen LogP contribution in [0, 0.1) is 28.1 Å². The number of esters is 1. The second-order valence-electron chi connectivity index (χ2n) is 9.34. The highest BCUT2D eigenvalue weighted by atomic mass is 16.6. The summed E-state index contributed by atoms with van der Waals surface area (Å²) in [5, 5.41) is 0. The third-order valence-electron chi connectivity index (χ3n) is 7.48. The lowest BCUT2D eigenvalue weighted by atomic mass is 9.43. The first-order chi connectivity index (χ1) is 9.69. The summed E-state index contributed by atoms with van der Waals surface area (Å²) < 4.78 is 5.73. The van der Waals surface area contributed by atoms with Crippen LogP contribution in [-0.2, 0) is 9.53 Å². The van der Waals surface area contributed by atoms with Gasteiger partial charge in [0.1, 0.15) is 5.60 Å². The summed E-state index contributed by atoms with van der Waals surface area (Å²) >= 11 is 0. The molecule has 0 unspecified atom stereocenters. The molecule has 2 heteroatoms. The molecular weight excluding hydrogens is 260 g/mol. The molecule has 1 spiro atoms. The molecular formula is C19H28O2. The van der Waals surface area contributed by atoms with E-state index in [0.717, 1.165) is 0 Å². The lowest BCUT2D eigenvalue weighted by Gasteiger charge is -2.63. The Bertz CT molecular complexity index is 534. The fourth-order valence-electron chi connectivity index (χ4n) is 6.83. The van der Waals surface area contributed by atoms with Gasteiger partial charge in [-0.3, -0.25) is 4.79 Å². The first-order valence-corrected chi connectivity index (χ1v) is 8.62. The molecule has 4 aliphatic rings. The maximum absolute atomic E-state index is 12.2. The Hall–Kier alpha value is -0.790. The standard InChI is InChI=1S/C19H28O2/c1-16(2)13-6-8-19-10-9-17(3,12-19)7-5-14(19)18(13,4)11-15(20)21-16/h9-10,13-14H,5-8,11-12H2,1-4H3/t13-,14+,17-,18-,19+/m1/s1. The van der Waals surface area contributed by atoms with E-state index in [2.05, 4.69) is 39.8 Å². The van der Waals surface area contributed by atoms with Gasteiger partial charge in [0.2, 0.25) is 0 Å². The fraction of sp³-hybridized carbons (Fsp3) is 0.842. The first-order valence-electron chi connectivity index (χ1n) is 8.62. The largest absolute Gasteiger partial charge is 0.459 e. The summed E-state index contributed by atoms with van der Waals surface area (Å²) in [6, 6.07) is 0. The highest BCUT2D eigenvalue weighted by Crippen LogP contribution is 2.70. The number of cyclic esters (lactones) is 1. The molecule has 1 saturated heterocycles. The zero-order chi connectivity index (χ0) is 15.1. The van der Waals surface area contributed by atoms with Crippen molar-refractivity contribution in [2.45, 2.75) is 71.8 Å². The van der Waals surface area contributed by atoms with Crippen LogP contribution in [-0.4, -0.2) is 11.6 Å². The quantitative estimate of drug-likeness (QED) is 0.485. The molecule has 2 nitrogen and oxygen atoms in total. The highest BCUT2D eigenvalue weighted by Gasteiger charge is 2.64. The van der Waals surface area contributed by atoms with E-state index < -0.39 is 0 Å². The Balaban J connectivity index is 1.78. The highest BCUT2D eigenvalue weighted by molar-refractivity contribution is 5.72. The molecule has 0 radical (unpaired) electrons. The number of hydrogen-bond acceptors (Lipinski definition) is 2. The van der Waals surface area contributed by atoms with Crippen molar-refractivity contribution in [3.63, 3.8) is 0 Å². The van der Waals surface area contributed by atoms with Gasteiger partial charge in [0, 0.05) is 5.92 Å². The monoisotopic (exact) mass is 288 g/mol. The number of allylic oxidation sites excluding steroid dienone is 2. The Kier molecular flexibility index (Phi) is 2.47. The number of fused-ring (bicyclic) bond motifs is 3. The van der Waals surface area contributed by atoms with Crippen molar-refractivity contribution >= 4 is 5.97 Å². The molecule has 2 bridgehead atoms. The van der Waals surface area contributed by atoms with Crippen molar-refractivity contribution < 1.29 is 9.53 Å². The molecule has 116 valence electrons. The van der Waals surface area contributed by atoms with E-state index in [0.29, 0.717) is 29.1 Å². The second-order valence-corrected chi connectivity index (χ2v) is 9.34. The summed E-state index contributed by atoms with van der Waals surface area (Å²) in [5.41, 5.74) is 0.609. The molecule has 0 aromatic heterocycles. The molecule has 1 heterocycles. The Morgan fingerprint density at radius 2 is 1.76 bits per heavy atom. The van der Waals surface area contributed by atoms with Crippen LogP contribution in [0.15, 0.2) is 12.2 Å². The topological polar surface area (TPSA) is 26.3 Å². The smallest absolute Gasteiger partial charge is 0.306 e. The van der Waals surface area contributed by atoms with Crippen molar-refractivity contribution in [2.75, 3.05) is 0 Å². The summed E-state index contributed by atoms with van der Waals surface area (Å²) in [5.74, 6) is 1.19. The molecule has 4 rings (SSSR count).